The molecule has 1 aliphatic heterocycles. The van der Waals surface area contributed by atoms with E-state index in [0.717, 1.165) is 31.0 Å². The zero-order valence-corrected chi connectivity index (χ0v) is 14.4. The Labute approximate surface area is 138 Å². The molecule has 0 unspecified atom stereocenters. The quantitative estimate of drug-likeness (QED) is 0.853. The molecule has 1 aromatic carbocycles. The van der Waals surface area contributed by atoms with Gasteiger partial charge in [-0.3, -0.25) is 9.69 Å². The van der Waals surface area contributed by atoms with Crippen LogP contribution in [0.1, 0.15) is 30.4 Å². The van der Waals surface area contributed by atoms with Crippen LogP contribution in [0.15, 0.2) is 18.2 Å². The van der Waals surface area contributed by atoms with Crippen molar-refractivity contribution in [3.05, 3.63) is 34.3 Å². The molecule has 3 nitrogen and oxygen atoms in total. The molecule has 3 atom stereocenters. The zero-order valence-electron chi connectivity index (χ0n) is 13.7. The van der Waals surface area contributed by atoms with Crippen LogP contribution in [-0.2, 0) is 11.3 Å². The van der Waals surface area contributed by atoms with Gasteiger partial charge in [-0.25, -0.2) is 0 Å². The maximum absolute atomic E-state index is 11.9. The summed E-state index contributed by atoms with van der Waals surface area (Å²) in [6, 6.07) is 6.66. The van der Waals surface area contributed by atoms with Gasteiger partial charge in [-0.05, 0) is 55.8 Å². The van der Waals surface area contributed by atoms with Gasteiger partial charge in [0, 0.05) is 37.6 Å². The van der Waals surface area contributed by atoms with Gasteiger partial charge in [0.25, 0.3) is 0 Å². The lowest BCUT2D eigenvalue weighted by Crippen LogP contribution is -2.39. The first-order valence-electron chi connectivity index (χ1n) is 8.14. The van der Waals surface area contributed by atoms with Gasteiger partial charge in [0.15, 0.2) is 0 Å². The van der Waals surface area contributed by atoms with E-state index < -0.39 is 0 Å². The highest BCUT2D eigenvalue weighted by Crippen LogP contribution is 2.40. The molecule has 4 heteroatoms. The topological polar surface area (TPSA) is 23.6 Å². The smallest absolute Gasteiger partial charge is 0.222 e. The Hall–Kier alpha value is -1.06. The van der Waals surface area contributed by atoms with E-state index >= 15 is 0 Å². The van der Waals surface area contributed by atoms with Crippen molar-refractivity contribution in [1.29, 1.82) is 0 Å². The van der Waals surface area contributed by atoms with E-state index in [1.54, 1.807) is 0 Å². The van der Waals surface area contributed by atoms with Crippen molar-refractivity contribution in [2.45, 2.75) is 38.8 Å². The van der Waals surface area contributed by atoms with E-state index in [2.05, 4.69) is 24.9 Å². The van der Waals surface area contributed by atoms with Crippen molar-refractivity contribution in [1.82, 2.24) is 9.80 Å². The Bertz CT molecular complexity index is 554. The predicted octanol–water partition coefficient (Wildman–Crippen LogP) is 3.34. The number of hydrogen-bond donors (Lipinski definition) is 0. The van der Waals surface area contributed by atoms with Crippen LogP contribution in [0.2, 0.25) is 5.02 Å². The van der Waals surface area contributed by atoms with E-state index in [0.29, 0.717) is 23.8 Å². The van der Waals surface area contributed by atoms with Crippen LogP contribution in [-0.4, -0.2) is 42.4 Å². The lowest BCUT2D eigenvalue weighted by atomic mass is 9.88. The summed E-state index contributed by atoms with van der Waals surface area (Å²) in [7, 11) is 4.12. The van der Waals surface area contributed by atoms with Gasteiger partial charge >= 0.3 is 0 Å². The van der Waals surface area contributed by atoms with Gasteiger partial charge in [0.2, 0.25) is 5.91 Å². The lowest BCUT2D eigenvalue weighted by molar-refractivity contribution is -0.134. The molecule has 0 aromatic heterocycles. The molecule has 0 N–H and O–H groups in total. The van der Waals surface area contributed by atoms with Crippen LogP contribution in [0.5, 0.6) is 0 Å². The molecule has 2 aliphatic rings. The second kappa shape index (κ2) is 6.21. The van der Waals surface area contributed by atoms with Crippen LogP contribution in [0, 0.1) is 18.8 Å². The molecule has 1 saturated carbocycles. The maximum Gasteiger partial charge on any atom is 0.222 e. The van der Waals surface area contributed by atoms with Crippen LogP contribution >= 0.6 is 11.6 Å². The minimum atomic E-state index is 0.312. The summed E-state index contributed by atoms with van der Waals surface area (Å²) in [5.41, 5.74) is 2.49. The number of aryl methyl sites for hydroxylation is 1. The first-order chi connectivity index (χ1) is 10.5. The molecule has 0 radical (unpaired) electrons. The van der Waals surface area contributed by atoms with E-state index in [1.165, 1.54) is 17.5 Å². The number of benzene rings is 1. The summed E-state index contributed by atoms with van der Waals surface area (Å²) in [4.78, 5) is 16.2. The summed E-state index contributed by atoms with van der Waals surface area (Å²) in [6.07, 6.45) is 3.07. The average molecular weight is 321 g/mol. The molecule has 0 spiro atoms. The SMILES string of the molecule is Cc1cccc(Cl)c1CN(C)[C@@H]1C[C@@H]2CC(=O)N(C)C[C@@H]2C1. The van der Waals surface area contributed by atoms with Crippen molar-refractivity contribution < 1.29 is 4.79 Å². The highest BCUT2D eigenvalue weighted by molar-refractivity contribution is 6.31. The molecule has 120 valence electrons. The number of fused-ring (bicyclic) bond motifs is 1. The molecule has 1 heterocycles. The van der Waals surface area contributed by atoms with Gasteiger partial charge in [0.05, 0.1) is 0 Å². The lowest BCUT2D eigenvalue weighted by Gasteiger charge is -2.31. The van der Waals surface area contributed by atoms with Crippen LogP contribution < -0.4 is 0 Å². The molecule has 0 bridgehead atoms. The minimum absolute atomic E-state index is 0.312. The van der Waals surface area contributed by atoms with Gasteiger partial charge < -0.3 is 4.90 Å². The Morgan fingerprint density at radius 1 is 1.32 bits per heavy atom. The highest BCUT2D eigenvalue weighted by atomic mass is 35.5. The van der Waals surface area contributed by atoms with Crippen molar-refractivity contribution in [3.8, 4) is 0 Å². The maximum atomic E-state index is 11.9. The molecule has 22 heavy (non-hydrogen) atoms. The standard InChI is InChI=1S/C18H25ClN2O/c1-12-5-4-6-17(19)16(12)11-20(2)15-7-13-9-18(22)21(3)10-14(13)8-15/h4-6,13-15H,7-11H2,1-3H3/t13-,14+,15-/m1/s1. The van der Waals surface area contributed by atoms with E-state index in [1.807, 2.05) is 24.1 Å². The largest absolute Gasteiger partial charge is 0.345 e. The van der Waals surface area contributed by atoms with Gasteiger partial charge in [-0.2, -0.15) is 0 Å². The van der Waals surface area contributed by atoms with Crippen molar-refractivity contribution >= 4 is 17.5 Å². The number of piperidine rings is 1. The second-order valence-corrected chi connectivity index (χ2v) is 7.48. The highest BCUT2D eigenvalue weighted by Gasteiger charge is 2.41. The number of carbonyl (C=O) groups excluding carboxylic acids is 1. The number of likely N-dealkylation sites (tertiary alicyclic amines) is 1. The third-order valence-corrected chi connectivity index (χ3v) is 5.93. The predicted molar refractivity (Wildman–Crippen MR) is 89.9 cm³/mol. The fraction of sp³-hybridized carbons (Fsp3) is 0.611. The molecule has 3 rings (SSSR count). The number of rotatable bonds is 3. The molecule has 2 fully saturated rings. The van der Waals surface area contributed by atoms with Gasteiger partial charge in [0.1, 0.15) is 0 Å². The number of amides is 1. The average Bonchev–Trinajstić information content (AvgIpc) is 2.86. The summed E-state index contributed by atoms with van der Waals surface area (Å²) >= 11 is 6.36. The minimum Gasteiger partial charge on any atom is -0.345 e. The molecule has 1 saturated heterocycles. The molecular formula is C18H25ClN2O. The number of nitrogens with zero attached hydrogens (tertiary/aromatic N) is 2. The molecule has 1 aromatic rings. The van der Waals surface area contributed by atoms with Crippen LogP contribution in [0.4, 0.5) is 0 Å². The number of carbonyl (C=O) groups is 1. The summed E-state index contributed by atoms with van der Waals surface area (Å²) in [6.45, 7) is 3.94. The van der Waals surface area contributed by atoms with Crippen molar-refractivity contribution in [2.75, 3.05) is 20.6 Å². The Balaban J connectivity index is 1.67. The molecule has 1 amide bonds. The molecule has 1 aliphatic carbocycles. The van der Waals surface area contributed by atoms with E-state index in [-0.39, 0.29) is 0 Å². The van der Waals surface area contributed by atoms with Crippen LogP contribution in [0.25, 0.3) is 0 Å². The Kier molecular flexibility index (Phi) is 4.47. The van der Waals surface area contributed by atoms with Crippen LogP contribution in [0.3, 0.4) is 0 Å². The Morgan fingerprint density at radius 2 is 2.05 bits per heavy atom. The fourth-order valence-electron chi connectivity index (χ4n) is 4.09. The third kappa shape index (κ3) is 3.02. The molecular weight excluding hydrogens is 296 g/mol. The van der Waals surface area contributed by atoms with E-state index in [4.69, 9.17) is 11.6 Å². The normalized spacial score (nSPS) is 28.3. The Morgan fingerprint density at radius 3 is 2.77 bits per heavy atom. The van der Waals surface area contributed by atoms with Gasteiger partial charge in [-0.15, -0.1) is 0 Å². The summed E-state index contributed by atoms with van der Waals surface area (Å²) in [5.74, 6) is 1.55. The van der Waals surface area contributed by atoms with Gasteiger partial charge in [-0.1, -0.05) is 23.7 Å². The zero-order chi connectivity index (χ0) is 15.9. The summed E-state index contributed by atoms with van der Waals surface area (Å²) < 4.78 is 0. The number of hydrogen-bond acceptors (Lipinski definition) is 2. The first-order valence-corrected chi connectivity index (χ1v) is 8.51. The number of halogens is 1. The van der Waals surface area contributed by atoms with Crippen molar-refractivity contribution in [3.63, 3.8) is 0 Å². The fourth-order valence-corrected chi connectivity index (χ4v) is 4.37. The van der Waals surface area contributed by atoms with Crippen molar-refractivity contribution in [2.24, 2.45) is 11.8 Å². The van der Waals surface area contributed by atoms with E-state index in [9.17, 15) is 4.79 Å². The second-order valence-electron chi connectivity index (χ2n) is 7.07. The monoisotopic (exact) mass is 320 g/mol. The third-order valence-electron chi connectivity index (χ3n) is 5.57. The summed E-state index contributed by atoms with van der Waals surface area (Å²) in [5, 5.41) is 0.858. The first kappa shape index (κ1) is 15.8.